The number of aromatic nitrogens is 1. The molecule has 0 aromatic carbocycles. The summed E-state index contributed by atoms with van der Waals surface area (Å²) in [5.41, 5.74) is -0.380. The number of rotatable bonds is 2. The van der Waals surface area contributed by atoms with Gasteiger partial charge in [-0.25, -0.2) is 13.8 Å². The molecule has 64 valence electrons. The van der Waals surface area contributed by atoms with E-state index in [4.69, 9.17) is 11.6 Å². The molecule has 0 aliphatic heterocycles. The minimum atomic E-state index is -2.64. The van der Waals surface area contributed by atoms with Crippen molar-refractivity contribution in [2.75, 3.05) is 0 Å². The fraction of sp³-hybridized carbons (Fsp3) is 0.143. The summed E-state index contributed by atoms with van der Waals surface area (Å²) in [5, 5.41) is -0.102. The van der Waals surface area contributed by atoms with Gasteiger partial charge in [-0.1, -0.05) is 11.6 Å². The number of carbonyl (C=O) groups excluding carboxylic acids is 1. The summed E-state index contributed by atoms with van der Waals surface area (Å²) in [6, 6.07) is 2.03. The van der Waals surface area contributed by atoms with Crippen LogP contribution in [0.15, 0.2) is 12.1 Å². The third-order valence-corrected chi connectivity index (χ3v) is 1.40. The van der Waals surface area contributed by atoms with Gasteiger partial charge in [-0.2, -0.15) is 0 Å². The summed E-state index contributed by atoms with van der Waals surface area (Å²) in [6.45, 7) is 0. The zero-order chi connectivity index (χ0) is 9.14. The van der Waals surface area contributed by atoms with E-state index in [1.807, 2.05) is 0 Å². The average molecular weight is 192 g/mol. The minimum Gasteiger partial charge on any atom is -0.296 e. The SMILES string of the molecule is O=Cc1cc(C(F)F)cc(Cl)n1. The highest BCUT2D eigenvalue weighted by atomic mass is 35.5. The lowest BCUT2D eigenvalue weighted by Gasteiger charge is -1.99. The molecular weight excluding hydrogens is 188 g/mol. The van der Waals surface area contributed by atoms with Crippen LogP contribution in [0, 0.1) is 0 Å². The monoisotopic (exact) mass is 191 g/mol. The summed E-state index contributed by atoms with van der Waals surface area (Å²) in [4.78, 5) is 13.7. The summed E-state index contributed by atoms with van der Waals surface area (Å²) in [7, 11) is 0. The number of hydrogen-bond donors (Lipinski definition) is 0. The van der Waals surface area contributed by atoms with E-state index >= 15 is 0 Å². The van der Waals surface area contributed by atoms with E-state index in [0.717, 1.165) is 12.1 Å². The van der Waals surface area contributed by atoms with Crippen molar-refractivity contribution >= 4 is 17.9 Å². The molecule has 1 rings (SSSR count). The van der Waals surface area contributed by atoms with Gasteiger partial charge in [0.15, 0.2) is 6.29 Å². The van der Waals surface area contributed by atoms with Crippen molar-refractivity contribution in [1.82, 2.24) is 4.98 Å². The average Bonchev–Trinajstić information content (AvgIpc) is 2.03. The third kappa shape index (κ3) is 1.98. The molecule has 0 saturated heterocycles. The molecule has 0 spiro atoms. The Balaban J connectivity index is 3.14. The van der Waals surface area contributed by atoms with Gasteiger partial charge < -0.3 is 0 Å². The van der Waals surface area contributed by atoms with E-state index in [1.165, 1.54) is 0 Å². The van der Waals surface area contributed by atoms with Crippen molar-refractivity contribution in [3.63, 3.8) is 0 Å². The minimum absolute atomic E-state index is 0.0854. The number of carbonyl (C=O) groups is 1. The predicted molar refractivity (Wildman–Crippen MR) is 39.6 cm³/mol. The first-order valence-corrected chi connectivity index (χ1v) is 3.42. The third-order valence-electron chi connectivity index (χ3n) is 1.21. The zero-order valence-electron chi connectivity index (χ0n) is 5.80. The largest absolute Gasteiger partial charge is 0.296 e. The molecule has 2 nitrogen and oxygen atoms in total. The first-order valence-electron chi connectivity index (χ1n) is 3.04. The molecule has 0 radical (unpaired) electrons. The molecule has 5 heteroatoms. The first kappa shape index (κ1) is 9.06. The van der Waals surface area contributed by atoms with Crippen molar-refractivity contribution in [3.05, 3.63) is 28.5 Å². The van der Waals surface area contributed by atoms with Crippen molar-refractivity contribution in [1.29, 1.82) is 0 Å². The number of hydrogen-bond acceptors (Lipinski definition) is 2. The molecule has 1 aromatic rings. The first-order chi connectivity index (χ1) is 5.63. The molecule has 0 saturated carbocycles. The van der Waals surface area contributed by atoms with Crippen molar-refractivity contribution in [2.45, 2.75) is 6.43 Å². The number of halogens is 3. The maximum atomic E-state index is 12.1. The van der Waals surface area contributed by atoms with Gasteiger partial charge in [0.25, 0.3) is 6.43 Å². The van der Waals surface area contributed by atoms with E-state index in [2.05, 4.69) is 4.98 Å². The van der Waals surface area contributed by atoms with Crippen LogP contribution in [0.25, 0.3) is 0 Å². The van der Waals surface area contributed by atoms with Crippen LogP contribution in [0.3, 0.4) is 0 Å². The molecule has 0 amide bonds. The van der Waals surface area contributed by atoms with Gasteiger partial charge in [0, 0.05) is 5.56 Å². The van der Waals surface area contributed by atoms with Crippen LogP contribution < -0.4 is 0 Å². The highest BCUT2D eigenvalue weighted by Gasteiger charge is 2.09. The number of nitrogens with zero attached hydrogens (tertiary/aromatic N) is 1. The maximum absolute atomic E-state index is 12.1. The van der Waals surface area contributed by atoms with E-state index in [9.17, 15) is 13.6 Å². The Morgan fingerprint density at radius 3 is 2.67 bits per heavy atom. The predicted octanol–water partition coefficient (Wildman–Crippen LogP) is 2.49. The number of alkyl halides is 2. The van der Waals surface area contributed by atoms with E-state index in [0.29, 0.717) is 6.29 Å². The van der Waals surface area contributed by atoms with Crippen LogP contribution in [-0.2, 0) is 0 Å². The van der Waals surface area contributed by atoms with Crippen LogP contribution >= 0.6 is 11.6 Å². The smallest absolute Gasteiger partial charge is 0.264 e. The van der Waals surface area contributed by atoms with E-state index in [1.54, 1.807) is 0 Å². The fourth-order valence-electron chi connectivity index (χ4n) is 0.724. The van der Waals surface area contributed by atoms with Gasteiger partial charge >= 0.3 is 0 Å². The highest BCUT2D eigenvalue weighted by molar-refractivity contribution is 6.29. The summed E-state index contributed by atoms with van der Waals surface area (Å²) in [5.74, 6) is 0. The topological polar surface area (TPSA) is 30.0 Å². The molecule has 1 aromatic heterocycles. The number of aldehydes is 1. The van der Waals surface area contributed by atoms with Crippen LogP contribution in [0.4, 0.5) is 8.78 Å². The molecule has 1 heterocycles. The normalized spacial score (nSPS) is 10.3. The quantitative estimate of drug-likeness (QED) is 0.531. The van der Waals surface area contributed by atoms with Crippen LogP contribution in [0.1, 0.15) is 22.5 Å². The molecule has 0 aliphatic carbocycles. The second-order valence-corrected chi connectivity index (χ2v) is 2.45. The van der Waals surface area contributed by atoms with Crippen molar-refractivity contribution < 1.29 is 13.6 Å². The maximum Gasteiger partial charge on any atom is 0.264 e. The second-order valence-electron chi connectivity index (χ2n) is 2.07. The van der Waals surface area contributed by atoms with Gasteiger partial charge in [0.1, 0.15) is 10.8 Å². The molecule has 0 N–H and O–H groups in total. The number of pyridine rings is 1. The highest BCUT2D eigenvalue weighted by Crippen LogP contribution is 2.21. The Bertz CT molecular complexity index is 303. The van der Waals surface area contributed by atoms with Gasteiger partial charge in [-0.3, -0.25) is 4.79 Å². The van der Waals surface area contributed by atoms with Crippen molar-refractivity contribution in [2.24, 2.45) is 0 Å². The Kier molecular flexibility index (Phi) is 2.70. The van der Waals surface area contributed by atoms with Gasteiger partial charge in [-0.15, -0.1) is 0 Å². The molecule has 0 atom stereocenters. The van der Waals surface area contributed by atoms with Gasteiger partial charge in [0.2, 0.25) is 0 Å². The second kappa shape index (κ2) is 3.58. The zero-order valence-corrected chi connectivity index (χ0v) is 6.55. The summed E-state index contributed by atoms with van der Waals surface area (Å²) >= 11 is 5.37. The Morgan fingerprint density at radius 2 is 2.17 bits per heavy atom. The van der Waals surface area contributed by atoms with Crippen molar-refractivity contribution in [3.8, 4) is 0 Å². The lowest BCUT2D eigenvalue weighted by molar-refractivity contribution is 0.111. The molecule has 0 bridgehead atoms. The molecular formula is C7H4ClF2NO. The summed E-state index contributed by atoms with van der Waals surface area (Å²) < 4.78 is 24.1. The molecule has 0 fully saturated rings. The van der Waals surface area contributed by atoms with Crippen LogP contribution in [-0.4, -0.2) is 11.3 Å². The molecule has 0 aliphatic rings. The molecule has 0 unspecified atom stereocenters. The molecule has 12 heavy (non-hydrogen) atoms. The Labute approximate surface area is 72.2 Å². The van der Waals surface area contributed by atoms with Crippen LogP contribution in [0.5, 0.6) is 0 Å². The van der Waals surface area contributed by atoms with E-state index < -0.39 is 6.43 Å². The fourth-order valence-corrected chi connectivity index (χ4v) is 0.948. The Morgan fingerprint density at radius 1 is 1.50 bits per heavy atom. The summed E-state index contributed by atoms with van der Waals surface area (Å²) in [6.07, 6.45) is -2.26. The lowest BCUT2D eigenvalue weighted by Crippen LogP contribution is -1.92. The van der Waals surface area contributed by atoms with Crippen LogP contribution in [0.2, 0.25) is 5.15 Å². The lowest BCUT2D eigenvalue weighted by atomic mass is 10.2. The Hall–Kier alpha value is -1.03. The standard InChI is InChI=1S/C7H4ClF2NO/c8-6-2-4(7(9)10)1-5(3-12)11-6/h1-3,7H. The van der Waals surface area contributed by atoms with E-state index in [-0.39, 0.29) is 16.4 Å². The van der Waals surface area contributed by atoms with Gasteiger partial charge in [0.05, 0.1) is 0 Å². The van der Waals surface area contributed by atoms with Gasteiger partial charge in [-0.05, 0) is 12.1 Å².